The number of benzene rings is 3. The fraction of sp³-hybridized carbons (Fsp3) is 0.353. The van der Waals surface area contributed by atoms with Gasteiger partial charge in [-0.2, -0.15) is 4.99 Å². The number of nitrogens with one attached hydrogen (secondary N) is 1. The molecule has 2 heterocycles. The monoisotopic (exact) mass is 648 g/mol. The summed E-state index contributed by atoms with van der Waals surface area (Å²) in [5.41, 5.74) is 5.99. The van der Waals surface area contributed by atoms with Gasteiger partial charge >= 0.3 is 12.4 Å². The molecule has 0 spiro atoms. The number of anilines is 1. The lowest BCUT2D eigenvalue weighted by molar-refractivity contribution is -0.274. The van der Waals surface area contributed by atoms with Crippen molar-refractivity contribution >= 4 is 28.6 Å². The van der Waals surface area contributed by atoms with Crippen LogP contribution in [0.3, 0.4) is 0 Å². The summed E-state index contributed by atoms with van der Waals surface area (Å²) in [5.74, 6) is 1.64. The van der Waals surface area contributed by atoms with Crippen LogP contribution in [0, 0.1) is 6.92 Å². The molecule has 1 aliphatic heterocycles. The standard InChI is InChI=1S/C34H35F3N6O2S/c1-20(2)27-14-5-21(3)17-30(27)43-22(4)15-16-46-33(43)40-32(44)39-29-18-28(29)23-6-8-24(9-7-23)31-38-19-42(41-31)25-10-12-26(13-11-25)45-34(35,36)37/h5-14,17,19-20,22,28-29H,15-16,18H2,1-4H3,(H,39,44). The number of rotatable bonds is 7. The number of amides is 2. The van der Waals surface area contributed by atoms with Crippen LogP contribution in [0.5, 0.6) is 5.75 Å². The molecule has 1 saturated carbocycles. The number of aryl methyl sites for hydroxylation is 1. The molecule has 1 aromatic heterocycles. The minimum atomic E-state index is -4.75. The minimum Gasteiger partial charge on any atom is -0.406 e. The van der Waals surface area contributed by atoms with E-state index in [1.54, 1.807) is 11.8 Å². The van der Waals surface area contributed by atoms with Gasteiger partial charge in [0.1, 0.15) is 12.1 Å². The van der Waals surface area contributed by atoms with Crippen LogP contribution < -0.4 is 15.0 Å². The van der Waals surface area contributed by atoms with Crippen molar-refractivity contribution in [3.63, 3.8) is 0 Å². The molecule has 0 bridgehead atoms. The molecule has 1 aliphatic carbocycles. The quantitative estimate of drug-likeness (QED) is 0.217. The van der Waals surface area contributed by atoms with Crippen LogP contribution in [0.15, 0.2) is 78.0 Å². The summed E-state index contributed by atoms with van der Waals surface area (Å²) in [6, 6.07) is 19.7. The van der Waals surface area contributed by atoms with E-state index >= 15 is 0 Å². The summed E-state index contributed by atoms with van der Waals surface area (Å²) < 4.78 is 42.8. The molecular formula is C34H35F3N6O2S. The van der Waals surface area contributed by atoms with Crippen LogP contribution in [0.2, 0.25) is 0 Å². The Kier molecular flexibility index (Phi) is 8.82. The van der Waals surface area contributed by atoms with Crippen molar-refractivity contribution in [1.82, 2.24) is 20.1 Å². The number of hydrogen-bond acceptors (Lipinski definition) is 5. The largest absolute Gasteiger partial charge is 0.573 e. The molecule has 2 aliphatic rings. The first-order valence-corrected chi connectivity index (χ1v) is 16.2. The Hall–Kier alpha value is -4.32. The summed E-state index contributed by atoms with van der Waals surface area (Å²) in [6.07, 6.45) is -1.39. The fourth-order valence-corrected chi connectivity index (χ4v) is 6.89. The molecule has 6 rings (SSSR count). The van der Waals surface area contributed by atoms with Crippen molar-refractivity contribution in [2.24, 2.45) is 4.99 Å². The van der Waals surface area contributed by atoms with Crippen LogP contribution in [0.25, 0.3) is 17.1 Å². The Labute approximate surface area is 270 Å². The Morgan fingerprint density at radius 1 is 1.09 bits per heavy atom. The normalized spacial score (nSPS) is 20.7. The number of hydrogen-bond donors (Lipinski definition) is 1. The third-order valence-electron chi connectivity index (χ3n) is 8.20. The predicted octanol–water partition coefficient (Wildman–Crippen LogP) is 8.22. The Balaban J connectivity index is 1.09. The maximum Gasteiger partial charge on any atom is 0.573 e. The Morgan fingerprint density at radius 3 is 2.52 bits per heavy atom. The molecule has 4 aromatic rings. The molecule has 46 heavy (non-hydrogen) atoms. The third kappa shape index (κ3) is 7.22. The molecule has 3 aromatic carbocycles. The highest BCUT2D eigenvalue weighted by Crippen LogP contribution is 2.41. The lowest BCUT2D eigenvalue weighted by atomic mass is 9.98. The van der Waals surface area contributed by atoms with Gasteiger partial charge in [-0.1, -0.05) is 62.0 Å². The average molecular weight is 649 g/mol. The molecule has 2 amide bonds. The fourth-order valence-electron chi connectivity index (χ4n) is 5.69. The smallest absolute Gasteiger partial charge is 0.406 e. The predicted molar refractivity (Wildman–Crippen MR) is 175 cm³/mol. The van der Waals surface area contributed by atoms with E-state index in [1.807, 2.05) is 24.3 Å². The Bertz CT molecular complexity index is 1740. The van der Waals surface area contributed by atoms with Gasteiger partial charge in [-0.3, -0.25) is 0 Å². The van der Waals surface area contributed by atoms with Crippen molar-refractivity contribution < 1.29 is 22.7 Å². The van der Waals surface area contributed by atoms with Crippen LogP contribution in [-0.4, -0.2) is 50.2 Å². The van der Waals surface area contributed by atoms with Crippen molar-refractivity contribution in [3.8, 4) is 22.8 Å². The van der Waals surface area contributed by atoms with Gasteiger partial charge in [0.15, 0.2) is 11.0 Å². The first-order valence-electron chi connectivity index (χ1n) is 15.2. The topological polar surface area (TPSA) is 84.6 Å². The first-order chi connectivity index (χ1) is 21.9. The van der Waals surface area contributed by atoms with Gasteiger partial charge in [0.2, 0.25) is 0 Å². The maximum atomic E-state index is 13.1. The number of halogens is 3. The van der Waals surface area contributed by atoms with E-state index in [-0.39, 0.29) is 29.8 Å². The SMILES string of the molecule is Cc1ccc(C(C)C)c(N2C(=NC(=O)NC3CC3c3ccc(-c4ncn(-c5ccc(OC(F)(F)F)cc5)n4)cc3)SCCC2C)c1. The first kappa shape index (κ1) is 31.7. The molecule has 2 fully saturated rings. The van der Waals surface area contributed by atoms with Crippen molar-refractivity contribution in [2.45, 2.75) is 70.8 Å². The second-order valence-electron chi connectivity index (χ2n) is 12.0. The number of carbonyl (C=O) groups excluding carboxylic acids is 1. The number of nitrogens with zero attached hydrogens (tertiary/aromatic N) is 5. The average Bonchev–Trinajstić information content (AvgIpc) is 3.58. The van der Waals surface area contributed by atoms with Gasteiger partial charge in [-0.25, -0.2) is 14.5 Å². The molecular weight excluding hydrogens is 613 g/mol. The van der Waals surface area contributed by atoms with Crippen molar-refractivity contribution in [1.29, 1.82) is 0 Å². The zero-order chi connectivity index (χ0) is 32.6. The van der Waals surface area contributed by atoms with Gasteiger partial charge in [-0.15, -0.1) is 18.3 Å². The Morgan fingerprint density at radius 2 is 1.83 bits per heavy atom. The van der Waals surface area contributed by atoms with Crippen molar-refractivity contribution in [3.05, 3.63) is 89.7 Å². The van der Waals surface area contributed by atoms with Crippen LogP contribution in [-0.2, 0) is 0 Å². The zero-order valence-electron chi connectivity index (χ0n) is 26.0. The number of ether oxygens (including phenoxy) is 1. The highest BCUT2D eigenvalue weighted by atomic mass is 32.2. The van der Waals surface area contributed by atoms with Gasteiger partial charge in [0, 0.05) is 35.0 Å². The highest BCUT2D eigenvalue weighted by molar-refractivity contribution is 8.14. The number of urea groups is 1. The molecule has 3 atom stereocenters. The van der Waals surface area contributed by atoms with E-state index in [9.17, 15) is 18.0 Å². The molecule has 1 N–H and O–H groups in total. The summed E-state index contributed by atoms with van der Waals surface area (Å²) in [5, 5.41) is 8.32. The zero-order valence-corrected chi connectivity index (χ0v) is 26.8. The van der Waals surface area contributed by atoms with Gasteiger partial charge in [0.25, 0.3) is 0 Å². The molecule has 12 heteroatoms. The molecule has 8 nitrogen and oxygen atoms in total. The van der Waals surface area contributed by atoms with Crippen LogP contribution >= 0.6 is 11.8 Å². The third-order valence-corrected chi connectivity index (χ3v) is 9.19. The van der Waals surface area contributed by atoms with E-state index in [2.05, 4.69) is 75.9 Å². The lowest BCUT2D eigenvalue weighted by Gasteiger charge is -2.37. The summed E-state index contributed by atoms with van der Waals surface area (Å²) >= 11 is 1.63. The number of carbonyl (C=O) groups is 1. The van der Waals surface area contributed by atoms with Crippen LogP contribution in [0.1, 0.15) is 62.1 Å². The molecule has 1 saturated heterocycles. The second kappa shape index (κ2) is 12.8. The molecule has 240 valence electrons. The van der Waals surface area contributed by atoms with Gasteiger partial charge in [0.05, 0.1) is 5.69 Å². The molecule has 0 radical (unpaired) electrons. The van der Waals surface area contributed by atoms with E-state index < -0.39 is 6.36 Å². The second-order valence-corrected chi connectivity index (χ2v) is 13.1. The molecule has 3 unspecified atom stereocenters. The summed E-state index contributed by atoms with van der Waals surface area (Å²) in [4.78, 5) is 24.3. The van der Waals surface area contributed by atoms with E-state index in [4.69, 9.17) is 0 Å². The lowest BCUT2D eigenvalue weighted by Crippen LogP contribution is -2.43. The number of alkyl halides is 3. The maximum absolute atomic E-state index is 13.1. The van der Waals surface area contributed by atoms with E-state index in [0.29, 0.717) is 17.4 Å². The van der Waals surface area contributed by atoms with E-state index in [0.717, 1.165) is 40.6 Å². The highest BCUT2D eigenvalue weighted by Gasteiger charge is 2.40. The number of amidine groups is 1. The summed E-state index contributed by atoms with van der Waals surface area (Å²) in [7, 11) is 0. The van der Waals surface area contributed by atoms with E-state index in [1.165, 1.54) is 46.4 Å². The van der Waals surface area contributed by atoms with Crippen LogP contribution in [0.4, 0.5) is 23.7 Å². The number of aliphatic imine (C=N–C) groups is 1. The summed E-state index contributed by atoms with van der Waals surface area (Å²) in [6.45, 7) is 8.65. The number of aromatic nitrogens is 3. The van der Waals surface area contributed by atoms with Crippen molar-refractivity contribution in [2.75, 3.05) is 10.7 Å². The van der Waals surface area contributed by atoms with Gasteiger partial charge < -0.3 is 15.0 Å². The number of thioether (sulfide) groups is 1. The minimum absolute atomic E-state index is 0.00832. The van der Waals surface area contributed by atoms with Gasteiger partial charge in [-0.05, 0) is 79.6 Å².